The van der Waals surface area contributed by atoms with E-state index < -0.39 is 6.17 Å². The molecule has 0 saturated heterocycles. The number of anilines is 1. The maximum Gasteiger partial charge on any atom is 0.260 e. The Bertz CT molecular complexity index is 969. The van der Waals surface area contributed by atoms with Crippen LogP contribution in [0.2, 0.25) is 0 Å². The van der Waals surface area contributed by atoms with Crippen LogP contribution >= 0.6 is 0 Å². The molecule has 2 aromatic rings. The van der Waals surface area contributed by atoms with Gasteiger partial charge in [-0.05, 0) is 30.5 Å². The summed E-state index contributed by atoms with van der Waals surface area (Å²) in [5.41, 5.74) is 2.63. The summed E-state index contributed by atoms with van der Waals surface area (Å²) in [5.74, 6) is 0.191. The van der Waals surface area contributed by atoms with E-state index in [1.807, 2.05) is 50.2 Å². The molecule has 6 heteroatoms. The van der Waals surface area contributed by atoms with Gasteiger partial charge in [0.15, 0.2) is 0 Å². The molecule has 0 radical (unpaired) electrons. The van der Waals surface area contributed by atoms with Gasteiger partial charge in [0.2, 0.25) is 5.91 Å². The molecule has 2 aliphatic heterocycles. The van der Waals surface area contributed by atoms with Crippen molar-refractivity contribution < 1.29 is 14.4 Å². The highest BCUT2D eigenvalue weighted by Crippen LogP contribution is 2.45. The Balaban J connectivity index is 1.59. The van der Waals surface area contributed by atoms with Gasteiger partial charge in [-0.15, -0.1) is 0 Å². The Morgan fingerprint density at radius 3 is 2.45 bits per heavy atom. The van der Waals surface area contributed by atoms with Crippen LogP contribution in [-0.2, 0) is 4.79 Å². The number of rotatable bonds is 6. The number of hydrogen-bond donors (Lipinski definition) is 1. The number of para-hydroxylation sites is 1. The molecule has 29 heavy (non-hydrogen) atoms. The van der Waals surface area contributed by atoms with Crippen LogP contribution in [0.5, 0.6) is 0 Å². The van der Waals surface area contributed by atoms with Gasteiger partial charge < -0.3 is 10.2 Å². The van der Waals surface area contributed by atoms with Gasteiger partial charge in [0.25, 0.3) is 11.8 Å². The molecule has 0 unspecified atom stereocenters. The second-order valence-electron chi connectivity index (χ2n) is 7.95. The van der Waals surface area contributed by atoms with Crippen LogP contribution < -0.4 is 10.2 Å². The van der Waals surface area contributed by atoms with Gasteiger partial charge >= 0.3 is 0 Å². The maximum atomic E-state index is 13.3. The van der Waals surface area contributed by atoms with Crippen molar-refractivity contribution in [2.75, 3.05) is 18.0 Å². The van der Waals surface area contributed by atoms with Gasteiger partial charge in [0, 0.05) is 30.6 Å². The van der Waals surface area contributed by atoms with E-state index in [-0.39, 0.29) is 17.7 Å². The number of amides is 3. The Morgan fingerprint density at radius 1 is 1.00 bits per heavy atom. The number of benzene rings is 2. The molecule has 0 bridgehead atoms. The predicted molar refractivity (Wildman–Crippen MR) is 111 cm³/mol. The standard InChI is InChI=1S/C23H25N3O3/c1-15(2)14-24-20(27)12-7-13-25-21-16-8-3-4-9-17(16)23(29)26(21)19-11-6-5-10-18(19)22(25)28/h3-6,8-11,15,21H,7,12-14H2,1-2H3,(H,24,27)/t21-/m1/s1. The fourth-order valence-corrected chi connectivity index (χ4v) is 4.02. The van der Waals surface area contributed by atoms with Gasteiger partial charge in [0.05, 0.1) is 11.3 Å². The highest BCUT2D eigenvalue weighted by Gasteiger charge is 2.47. The summed E-state index contributed by atoms with van der Waals surface area (Å²) in [6, 6.07) is 14.7. The molecule has 3 amide bonds. The normalized spacial score (nSPS) is 17.3. The van der Waals surface area contributed by atoms with Crippen LogP contribution in [0.1, 0.15) is 59.1 Å². The smallest absolute Gasteiger partial charge is 0.260 e. The summed E-state index contributed by atoms with van der Waals surface area (Å²) in [7, 11) is 0. The van der Waals surface area contributed by atoms with Gasteiger partial charge in [-0.1, -0.05) is 44.2 Å². The SMILES string of the molecule is CC(C)CNC(=O)CCCN1C(=O)c2ccccc2N2C(=O)c3ccccc3[C@H]12. The van der Waals surface area contributed by atoms with E-state index in [2.05, 4.69) is 5.32 Å². The van der Waals surface area contributed by atoms with E-state index in [1.165, 1.54) is 0 Å². The molecule has 1 atom stereocenters. The lowest BCUT2D eigenvalue weighted by atomic mass is 10.0. The third kappa shape index (κ3) is 3.39. The summed E-state index contributed by atoms with van der Waals surface area (Å²) in [4.78, 5) is 41.9. The minimum absolute atomic E-state index is 0.0108. The van der Waals surface area contributed by atoms with Crippen LogP contribution in [0.25, 0.3) is 0 Å². The van der Waals surface area contributed by atoms with E-state index in [0.29, 0.717) is 48.7 Å². The van der Waals surface area contributed by atoms with Gasteiger partial charge in [-0.25, -0.2) is 0 Å². The van der Waals surface area contributed by atoms with E-state index >= 15 is 0 Å². The summed E-state index contributed by atoms with van der Waals surface area (Å²) in [6.07, 6.45) is 0.429. The van der Waals surface area contributed by atoms with Crippen molar-refractivity contribution in [1.82, 2.24) is 10.2 Å². The molecule has 0 fully saturated rings. The number of nitrogens with zero attached hydrogens (tertiary/aromatic N) is 2. The van der Waals surface area contributed by atoms with Gasteiger partial charge in [-0.3, -0.25) is 19.3 Å². The first kappa shape index (κ1) is 19.2. The zero-order chi connectivity index (χ0) is 20.5. The fourth-order valence-electron chi connectivity index (χ4n) is 4.02. The van der Waals surface area contributed by atoms with Gasteiger partial charge in [-0.2, -0.15) is 0 Å². The lowest BCUT2D eigenvalue weighted by Gasteiger charge is -2.41. The van der Waals surface area contributed by atoms with Crippen LogP contribution in [0.3, 0.4) is 0 Å². The molecule has 150 valence electrons. The number of fused-ring (bicyclic) bond motifs is 5. The largest absolute Gasteiger partial charge is 0.356 e. The van der Waals surface area contributed by atoms with E-state index in [9.17, 15) is 14.4 Å². The highest BCUT2D eigenvalue weighted by atomic mass is 16.2. The Labute approximate surface area is 170 Å². The first-order chi connectivity index (χ1) is 14.0. The second-order valence-corrected chi connectivity index (χ2v) is 7.95. The summed E-state index contributed by atoms with van der Waals surface area (Å²) >= 11 is 0. The molecule has 0 saturated carbocycles. The van der Waals surface area contributed by atoms with Crippen molar-refractivity contribution in [1.29, 1.82) is 0 Å². The van der Waals surface area contributed by atoms with Crippen molar-refractivity contribution in [3.05, 3.63) is 65.2 Å². The van der Waals surface area contributed by atoms with Gasteiger partial charge in [0.1, 0.15) is 6.17 Å². The lowest BCUT2D eigenvalue weighted by molar-refractivity contribution is -0.121. The molecule has 2 aromatic carbocycles. The zero-order valence-electron chi connectivity index (χ0n) is 16.7. The monoisotopic (exact) mass is 391 g/mol. The number of hydrogen-bond acceptors (Lipinski definition) is 3. The Kier molecular flexibility index (Phi) is 5.09. The van der Waals surface area contributed by atoms with Crippen molar-refractivity contribution in [2.45, 2.75) is 32.9 Å². The molecule has 6 nitrogen and oxygen atoms in total. The van der Waals surface area contributed by atoms with E-state index in [1.54, 1.807) is 21.9 Å². The minimum atomic E-state index is -0.458. The van der Waals surface area contributed by atoms with Crippen molar-refractivity contribution in [3.8, 4) is 0 Å². The molecule has 0 aliphatic carbocycles. The van der Waals surface area contributed by atoms with Crippen molar-refractivity contribution in [3.63, 3.8) is 0 Å². The predicted octanol–water partition coefficient (Wildman–Crippen LogP) is 3.35. The average Bonchev–Trinajstić information content (AvgIpc) is 3.02. The molecule has 1 N–H and O–H groups in total. The topological polar surface area (TPSA) is 69.7 Å². The van der Waals surface area contributed by atoms with Crippen LogP contribution in [0, 0.1) is 5.92 Å². The second kappa shape index (κ2) is 7.70. The average molecular weight is 391 g/mol. The van der Waals surface area contributed by atoms with E-state index in [4.69, 9.17) is 0 Å². The van der Waals surface area contributed by atoms with Crippen molar-refractivity contribution in [2.24, 2.45) is 5.92 Å². The highest BCUT2D eigenvalue weighted by molar-refractivity contribution is 6.16. The van der Waals surface area contributed by atoms with Crippen LogP contribution in [0.4, 0.5) is 5.69 Å². The molecular formula is C23H25N3O3. The lowest BCUT2D eigenvalue weighted by Crippen LogP contribution is -2.48. The number of carbonyl (C=O) groups is 3. The maximum absolute atomic E-state index is 13.3. The number of nitrogens with one attached hydrogen (secondary N) is 1. The molecule has 2 aliphatic rings. The zero-order valence-corrected chi connectivity index (χ0v) is 16.7. The first-order valence-corrected chi connectivity index (χ1v) is 10.1. The third-order valence-electron chi connectivity index (χ3n) is 5.39. The fraction of sp³-hybridized carbons (Fsp3) is 0.348. The molecular weight excluding hydrogens is 366 g/mol. The third-order valence-corrected chi connectivity index (χ3v) is 5.39. The number of carbonyl (C=O) groups excluding carboxylic acids is 3. The Hall–Kier alpha value is -3.15. The van der Waals surface area contributed by atoms with Crippen LogP contribution in [-0.4, -0.2) is 35.7 Å². The molecule has 4 rings (SSSR count). The first-order valence-electron chi connectivity index (χ1n) is 10.1. The minimum Gasteiger partial charge on any atom is -0.356 e. The molecule has 0 aromatic heterocycles. The summed E-state index contributed by atoms with van der Waals surface area (Å²) in [6.45, 7) is 5.15. The quantitative estimate of drug-likeness (QED) is 0.821. The summed E-state index contributed by atoms with van der Waals surface area (Å²) in [5, 5.41) is 2.91. The Morgan fingerprint density at radius 2 is 1.69 bits per heavy atom. The van der Waals surface area contributed by atoms with Crippen molar-refractivity contribution >= 4 is 23.4 Å². The van der Waals surface area contributed by atoms with E-state index in [0.717, 1.165) is 5.56 Å². The van der Waals surface area contributed by atoms with Crippen LogP contribution in [0.15, 0.2) is 48.5 Å². The molecule has 0 spiro atoms. The molecule has 2 heterocycles. The summed E-state index contributed by atoms with van der Waals surface area (Å²) < 4.78 is 0.